The summed E-state index contributed by atoms with van der Waals surface area (Å²) in [6, 6.07) is 6.39. The van der Waals surface area contributed by atoms with Gasteiger partial charge in [-0.15, -0.1) is 0 Å². The minimum absolute atomic E-state index is 0.0992. The topological polar surface area (TPSA) is 58.6 Å². The van der Waals surface area contributed by atoms with E-state index in [2.05, 4.69) is 5.32 Å². The van der Waals surface area contributed by atoms with Crippen LogP contribution in [0.2, 0.25) is 5.02 Å². The SMILES string of the molecule is CC1C(=O)NCCN1C(=O)COc1cccc(Cl)c1. The van der Waals surface area contributed by atoms with Crippen molar-refractivity contribution >= 4 is 23.4 Å². The van der Waals surface area contributed by atoms with Crippen molar-refractivity contribution in [1.82, 2.24) is 10.2 Å². The molecular weight excluding hydrogens is 268 g/mol. The van der Waals surface area contributed by atoms with Gasteiger partial charge in [-0.3, -0.25) is 9.59 Å². The molecule has 1 aromatic carbocycles. The number of hydrogen-bond acceptors (Lipinski definition) is 3. The van der Waals surface area contributed by atoms with Gasteiger partial charge in [0.05, 0.1) is 0 Å². The molecule has 0 aliphatic carbocycles. The maximum atomic E-state index is 12.0. The Morgan fingerprint density at radius 1 is 1.58 bits per heavy atom. The summed E-state index contributed by atoms with van der Waals surface area (Å²) in [6.07, 6.45) is 0. The first-order chi connectivity index (χ1) is 9.08. The second kappa shape index (κ2) is 5.93. The maximum absolute atomic E-state index is 12.0. The van der Waals surface area contributed by atoms with Crippen molar-refractivity contribution in [2.75, 3.05) is 19.7 Å². The average molecular weight is 283 g/mol. The minimum atomic E-state index is -0.454. The van der Waals surface area contributed by atoms with E-state index in [4.69, 9.17) is 16.3 Å². The first-order valence-corrected chi connectivity index (χ1v) is 6.41. The molecular formula is C13H15ClN2O3. The van der Waals surface area contributed by atoms with Crippen LogP contribution in [0.15, 0.2) is 24.3 Å². The molecule has 5 nitrogen and oxygen atoms in total. The Bertz CT molecular complexity index is 493. The van der Waals surface area contributed by atoms with Gasteiger partial charge in [0.25, 0.3) is 5.91 Å². The molecule has 1 N–H and O–H groups in total. The third-order valence-corrected chi connectivity index (χ3v) is 3.21. The van der Waals surface area contributed by atoms with Gasteiger partial charge in [0.1, 0.15) is 11.8 Å². The highest BCUT2D eigenvalue weighted by Crippen LogP contribution is 2.17. The molecule has 1 unspecified atom stereocenters. The molecule has 2 rings (SSSR count). The summed E-state index contributed by atoms with van der Waals surface area (Å²) in [5, 5.41) is 3.26. The average Bonchev–Trinajstić information content (AvgIpc) is 2.39. The number of nitrogens with zero attached hydrogens (tertiary/aromatic N) is 1. The number of hydrogen-bond donors (Lipinski definition) is 1. The molecule has 1 atom stereocenters. The Balaban J connectivity index is 1.92. The largest absolute Gasteiger partial charge is 0.484 e. The van der Waals surface area contributed by atoms with Crippen LogP contribution >= 0.6 is 11.6 Å². The summed E-state index contributed by atoms with van der Waals surface area (Å²) in [5.74, 6) is 0.194. The molecule has 0 saturated carbocycles. The van der Waals surface area contributed by atoms with Crippen molar-refractivity contribution in [2.24, 2.45) is 0 Å². The number of carbonyl (C=O) groups is 2. The normalized spacial score (nSPS) is 18.9. The van der Waals surface area contributed by atoms with E-state index in [0.717, 1.165) is 0 Å². The number of amides is 2. The number of ether oxygens (including phenoxy) is 1. The predicted octanol–water partition coefficient (Wildman–Crippen LogP) is 1.07. The Morgan fingerprint density at radius 3 is 3.11 bits per heavy atom. The third-order valence-electron chi connectivity index (χ3n) is 2.98. The molecule has 0 aromatic heterocycles. The molecule has 1 fully saturated rings. The fraction of sp³-hybridized carbons (Fsp3) is 0.385. The number of piperazine rings is 1. The standard InChI is InChI=1S/C13H15ClN2O3/c1-9-13(18)15-5-6-16(9)12(17)8-19-11-4-2-3-10(14)7-11/h2-4,7,9H,5-6,8H2,1H3,(H,15,18). The first kappa shape index (κ1) is 13.7. The van der Waals surface area contributed by atoms with E-state index in [1.54, 1.807) is 31.2 Å². The predicted molar refractivity (Wildman–Crippen MR) is 71.1 cm³/mol. The summed E-state index contributed by atoms with van der Waals surface area (Å²) in [6.45, 7) is 2.58. The summed E-state index contributed by atoms with van der Waals surface area (Å²) >= 11 is 5.82. The summed E-state index contributed by atoms with van der Waals surface area (Å²) in [5.41, 5.74) is 0. The molecule has 1 saturated heterocycles. The van der Waals surface area contributed by atoms with Gasteiger partial charge in [-0.1, -0.05) is 17.7 Å². The highest BCUT2D eigenvalue weighted by Gasteiger charge is 2.29. The Hall–Kier alpha value is -1.75. The second-order valence-electron chi connectivity index (χ2n) is 4.30. The van der Waals surface area contributed by atoms with Crippen LogP contribution in [0.4, 0.5) is 0 Å². The fourth-order valence-corrected chi connectivity index (χ4v) is 2.09. The zero-order valence-corrected chi connectivity index (χ0v) is 11.3. The van der Waals surface area contributed by atoms with Crippen LogP contribution < -0.4 is 10.1 Å². The van der Waals surface area contributed by atoms with E-state index in [1.165, 1.54) is 4.90 Å². The lowest BCUT2D eigenvalue weighted by atomic mass is 10.2. The van der Waals surface area contributed by atoms with Crippen LogP contribution in [0.1, 0.15) is 6.92 Å². The van der Waals surface area contributed by atoms with Gasteiger partial charge in [0.2, 0.25) is 5.91 Å². The van der Waals surface area contributed by atoms with Gasteiger partial charge in [0.15, 0.2) is 6.61 Å². The molecule has 19 heavy (non-hydrogen) atoms. The number of benzene rings is 1. The van der Waals surface area contributed by atoms with Crippen LogP contribution in [0.25, 0.3) is 0 Å². The van der Waals surface area contributed by atoms with Crippen molar-refractivity contribution in [2.45, 2.75) is 13.0 Å². The fourth-order valence-electron chi connectivity index (χ4n) is 1.91. The minimum Gasteiger partial charge on any atom is -0.484 e. The Labute approximate surface area is 116 Å². The van der Waals surface area contributed by atoms with Gasteiger partial charge in [-0.25, -0.2) is 0 Å². The summed E-state index contributed by atoms with van der Waals surface area (Å²) < 4.78 is 5.38. The van der Waals surface area contributed by atoms with Crippen LogP contribution in [0.5, 0.6) is 5.75 Å². The van der Waals surface area contributed by atoms with Crippen LogP contribution in [0, 0.1) is 0 Å². The lowest BCUT2D eigenvalue weighted by Gasteiger charge is -2.32. The molecule has 102 valence electrons. The third kappa shape index (κ3) is 3.38. The number of halogens is 1. The monoisotopic (exact) mass is 282 g/mol. The van der Waals surface area contributed by atoms with E-state index < -0.39 is 6.04 Å². The zero-order chi connectivity index (χ0) is 13.8. The van der Waals surface area contributed by atoms with Gasteiger partial charge >= 0.3 is 0 Å². The number of carbonyl (C=O) groups excluding carboxylic acids is 2. The number of rotatable bonds is 3. The smallest absolute Gasteiger partial charge is 0.261 e. The summed E-state index contributed by atoms with van der Waals surface area (Å²) in [4.78, 5) is 25.0. The molecule has 1 heterocycles. The van der Waals surface area contributed by atoms with Gasteiger partial charge in [-0.2, -0.15) is 0 Å². The van der Waals surface area contributed by atoms with Crippen LogP contribution in [-0.2, 0) is 9.59 Å². The molecule has 0 spiro atoms. The lowest BCUT2D eigenvalue weighted by Crippen LogP contribution is -2.56. The van der Waals surface area contributed by atoms with Crippen molar-refractivity contribution in [3.8, 4) is 5.75 Å². The lowest BCUT2D eigenvalue weighted by molar-refractivity contribution is -0.143. The van der Waals surface area contributed by atoms with Crippen LogP contribution in [0.3, 0.4) is 0 Å². The highest BCUT2D eigenvalue weighted by molar-refractivity contribution is 6.30. The first-order valence-electron chi connectivity index (χ1n) is 6.03. The van der Waals surface area contributed by atoms with Crippen LogP contribution in [-0.4, -0.2) is 42.5 Å². The van der Waals surface area contributed by atoms with Gasteiger partial charge < -0.3 is 15.0 Å². The molecule has 6 heteroatoms. The van der Waals surface area contributed by atoms with Crippen molar-refractivity contribution < 1.29 is 14.3 Å². The van der Waals surface area contributed by atoms with Crippen molar-refractivity contribution in [1.29, 1.82) is 0 Å². The molecule has 0 bridgehead atoms. The molecule has 0 radical (unpaired) electrons. The quantitative estimate of drug-likeness (QED) is 0.902. The highest BCUT2D eigenvalue weighted by atomic mass is 35.5. The van der Waals surface area contributed by atoms with E-state index in [-0.39, 0.29) is 18.4 Å². The Kier molecular flexibility index (Phi) is 4.27. The van der Waals surface area contributed by atoms with E-state index in [0.29, 0.717) is 23.9 Å². The van der Waals surface area contributed by atoms with Crippen molar-refractivity contribution in [3.05, 3.63) is 29.3 Å². The van der Waals surface area contributed by atoms with Gasteiger partial charge in [-0.05, 0) is 25.1 Å². The second-order valence-corrected chi connectivity index (χ2v) is 4.74. The maximum Gasteiger partial charge on any atom is 0.261 e. The molecule has 1 aliphatic rings. The number of nitrogens with one attached hydrogen (secondary N) is 1. The van der Waals surface area contributed by atoms with E-state index in [9.17, 15) is 9.59 Å². The molecule has 1 aliphatic heterocycles. The van der Waals surface area contributed by atoms with Gasteiger partial charge in [0, 0.05) is 18.1 Å². The molecule has 1 aromatic rings. The van der Waals surface area contributed by atoms with E-state index >= 15 is 0 Å². The molecule has 2 amide bonds. The van der Waals surface area contributed by atoms with E-state index in [1.807, 2.05) is 0 Å². The Morgan fingerprint density at radius 2 is 2.37 bits per heavy atom. The zero-order valence-electron chi connectivity index (χ0n) is 10.6. The summed E-state index contributed by atoms with van der Waals surface area (Å²) in [7, 11) is 0. The van der Waals surface area contributed by atoms with Crippen molar-refractivity contribution in [3.63, 3.8) is 0 Å².